The molecule has 19 heteroatoms. The van der Waals surface area contributed by atoms with Gasteiger partial charge in [0.05, 0.1) is 26.4 Å². The molecule has 0 saturated heterocycles. The van der Waals surface area contributed by atoms with Crippen molar-refractivity contribution in [2.75, 3.05) is 39.6 Å². The first-order chi connectivity index (χ1) is 36.4. The maximum absolute atomic E-state index is 12.9. The molecular formula is C57H110O17P2. The number of hydrogen-bond acceptors (Lipinski definition) is 15. The van der Waals surface area contributed by atoms with Crippen LogP contribution in [-0.4, -0.2) is 96.7 Å². The molecule has 0 aromatic carbocycles. The molecule has 0 bridgehead atoms. The van der Waals surface area contributed by atoms with Crippen LogP contribution in [0.2, 0.25) is 0 Å². The first-order valence-electron chi connectivity index (χ1n) is 30.0. The summed E-state index contributed by atoms with van der Waals surface area (Å²) >= 11 is 0. The van der Waals surface area contributed by atoms with E-state index in [0.717, 1.165) is 115 Å². The lowest BCUT2D eigenvalue weighted by atomic mass is 10.00. The number of rotatable bonds is 56. The minimum Gasteiger partial charge on any atom is -0.462 e. The maximum atomic E-state index is 12.9. The van der Waals surface area contributed by atoms with Gasteiger partial charge in [0, 0.05) is 25.7 Å². The lowest BCUT2D eigenvalue weighted by molar-refractivity contribution is -0.161. The lowest BCUT2D eigenvalue weighted by Crippen LogP contribution is -2.30. The van der Waals surface area contributed by atoms with Gasteiger partial charge in [0.2, 0.25) is 0 Å². The molecular weight excluding hydrogens is 1020 g/mol. The number of aliphatic hydroxyl groups is 1. The summed E-state index contributed by atoms with van der Waals surface area (Å²) in [7, 11) is -9.87. The Labute approximate surface area is 460 Å². The molecule has 450 valence electrons. The second-order valence-electron chi connectivity index (χ2n) is 21.4. The number of unbranched alkanes of at least 4 members (excludes halogenated alkanes) is 25. The molecule has 0 aliphatic carbocycles. The molecule has 76 heavy (non-hydrogen) atoms. The predicted octanol–water partition coefficient (Wildman–Crippen LogP) is 14.9. The van der Waals surface area contributed by atoms with Gasteiger partial charge in [-0.1, -0.05) is 221 Å². The van der Waals surface area contributed by atoms with Crippen LogP contribution in [0.4, 0.5) is 0 Å². The number of ether oxygens (including phenoxy) is 4. The van der Waals surface area contributed by atoms with E-state index in [1.165, 1.54) is 70.6 Å². The zero-order chi connectivity index (χ0) is 56.6. The molecule has 0 aromatic heterocycles. The van der Waals surface area contributed by atoms with Crippen molar-refractivity contribution in [2.24, 2.45) is 11.8 Å². The van der Waals surface area contributed by atoms with Gasteiger partial charge in [-0.2, -0.15) is 0 Å². The first kappa shape index (κ1) is 74.1. The maximum Gasteiger partial charge on any atom is 0.472 e. The van der Waals surface area contributed by atoms with Crippen molar-refractivity contribution >= 4 is 39.5 Å². The molecule has 0 aromatic rings. The van der Waals surface area contributed by atoms with Crippen LogP contribution >= 0.6 is 15.6 Å². The van der Waals surface area contributed by atoms with E-state index in [-0.39, 0.29) is 25.7 Å². The summed E-state index contributed by atoms with van der Waals surface area (Å²) in [6.45, 7) is 9.27. The Morgan fingerprint density at radius 1 is 0.382 bits per heavy atom. The summed E-state index contributed by atoms with van der Waals surface area (Å²) in [6.07, 6.45) is 29.6. The largest absolute Gasteiger partial charge is 0.472 e. The Morgan fingerprint density at radius 2 is 0.671 bits per heavy atom. The monoisotopic (exact) mass is 1130 g/mol. The summed E-state index contributed by atoms with van der Waals surface area (Å²) in [5, 5.41) is 10.5. The van der Waals surface area contributed by atoms with Gasteiger partial charge in [-0.3, -0.25) is 37.3 Å². The third-order valence-electron chi connectivity index (χ3n) is 13.3. The Kier molecular flexibility index (Phi) is 48.8. The molecule has 0 amide bonds. The highest BCUT2D eigenvalue weighted by Gasteiger charge is 2.30. The summed E-state index contributed by atoms with van der Waals surface area (Å²) in [6, 6.07) is 0. The predicted molar refractivity (Wildman–Crippen MR) is 298 cm³/mol. The molecule has 0 radical (unpaired) electrons. The van der Waals surface area contributed by atoms with Crippen molar-refractivity contribution in [1.29, 1.82) is 0 Å². The molecule has 0 saturated carbocycles. The Hall–Kier alpha value is -1.94. The fourth-order valence-corrected chi connectivity index (χ4v) is 9.84. The van der Waals surface area contributed by atoms with Crippen LogP contribution in [0.3, 0.4) is 0 Å². The van der Waals surface area contributed by atoms with Crippen molar-refractivity contribution in [3.63, 3.8) is 0 Å². The highest BCUT2D eigenvalue weighted by molar-refractivity contribution is 7.47. The SMILES string of the molecule is CCCCCCCCCCCC(=O)O[C@H](COC(=O)CCCCCCCCC)COP(=O)(O)OC[C@H](O)COP(=O)(O)OC[C@@H](COC(=O)CCCCCCCCC(C)CC)OC(=O)CCCCCCCCCC(C)C. The fraction of sp³-hybridized carbons (Fsp3) is 0.930. The van der Waals surface area contributed by atoms with Crippen LogP contribution in [0.1, 0.15) is 273 Å². The molecule has 0 rings (SSSR count). The zero-order valence-corrected chi connectivity index (χ0v) is 50.3. The summed E-state index contributed by atoms with van der Waals surface area (Å²) in [5.74, 6) is -0.726. The van der Waals surface area contributed by atoms with Gasteiger partial charge in [0.25, 0.3) is 0 Å². The number of esters is 4. The van der Waals surface area contributed by atoms with Gasteiger partial charge in [-0.15, -0.1) is 0 Å². The highest BCUT2D eigenvalue weighted by Crippen LogP contribution is 2.45. The van der Waals surface area contributed by atoms with Crippen molar-refractivity contribution in [3.8, 4) is 0 Å². The van der Waals surface area contributed by atoms with E-state index in [1.54, 1.807) is 0 Å². The second kappa shape index (κ2) is 50.1. The van der Waals surface area contributed by atoms with Crippen molar-refractivity contribution in [2.45, 2.75) is 291 Å². The second-order valence-corrected chi connectivity index (χ2v) is 24.3. The number of aliphatic hydroxyl groups excluding tert-OH is 1. The van der Waals surface area contributed by atoms with Gasteiger partial charge in [0.1, 0.15) is 19.3 Å². The molecule has 17 nitrogen and oxygen atoms in total. The average molecular weight is 1130 g/mol. The number of hydrogen-bond donors (Lipinski definition) is 3. The smallest absolute Gasteiger partial charge is 0.462 e. The Morgan fingerprint density at radius 3 is 1.00 bits per heavy atom. The summed E-state index contributed by atoms with van der Waals surface area (Å²) in [5.41, 5.74) is 0. The van der Waals surface area contributed by atoms with Crippen LogP contribution < -0.4 is 0 Å². The number of carbonyl (C=O) groups excluding carboxylic acids is 4. The van der Waals surface area contributed by atoms with E-state index in [0.29, 0.717) is 31.6 Å². The van der Waals surface area contributed by atoms with Crippen molar-refractivity contribution < 1.29 is 80.2 Å². The molecule has 0 fully saturated rings. The Balaban J connectivity index is 5.22. The van der Waals surface area contributed by atoms with E-state index >= 15 is 0 Å². The van der Waals surface area contributed by atoms with Crippen LogP contribution in [-0.2, 0) is 65.4 Å². The average Bonchev–Trinajstić information content (AvgIpc) is 3.38. The molecule has 3 unspecified atom stereocenters. The molecule has 0 aliphatic rings. The minimum absolute atomic E-state index is 0.102. The van der Waals surface area contributed by atoms with Gasteiger partial charge >= 0.3 is 39.5 Å². The summed E-state index contributed by atoms with van der Waals surface area (Å²) in [4.78, 5) is 71.7. The lowest BCUT2D eigenvalue weighted by Gasteiger charge is -2.21. The van der Waals surface area contributed by atoms with Crippen LogP contribution in [0, 0.1) is 11.8 Å². The van der Waals surface area contributed by atoms with Gasteiger partial charge in [0.15, 0.2) is 12.2 Å². The van der Waals surface area contributed by atoms with Crippen LogP contribution in [0.25, 0.3) is 0 Å². The van der Waals surface area contributed by atoms with E-state index in [2.05, 4.69) is 41.5 Å². The topological polar surface area (TPSA) is 237 Å². The zero-order valence-electron chi connectivity index (χ0n) is 48.5. The fourth-order valence-electron chi connectivity index (χ4n) is 8.26. The van der Waals surface area contributed by atoms with E-state index < -0.39 is 97.5 Å². The van der Waals surface area contributed by atoms with E-state index in [9.17, 15) is 43.2 Å². The molecule has 0 spiro atoms. The summed E-state index contributed by atoms with van der Waals surface area (Å²) < 4.78 is 67.5. The van der Waals surface area contributed by atoms with Gasteiger partial charge < -0.3 is 33.8 Å². The molecule has 6 atom stereocenters. The minimum atomic E-state index is -4.94. The Bertz CT molecular complexity index is 1520. The van der Waals surface area contributed by atoms with Crippen LogP contribution in [0.5, 0.6) is 0 Å². The quantitative estimate of drug-likeness (QED) is 0.0222. The molecule has 3 N–H and O–H groups in total. The van der Waals surface area contributed by atoms with E-state index in [4.69, 9.17) is 37.0 Å². The molecule has 0 heterocycles. The van der Waals surface area contributed by atoms with Crippen LogP contribution in [0.15, 0.2) is 0 Å². The third kappa shape index (κ3) is 50.3. The number of phosphoric acid groups is 2. The van der Waals surface area contributed by atoms with Crippen molar-refractivity contribution in [3.05, 3.63) is 0 Å². The van der Waals surface area contributed by atoms with E-state index in [1.807, 2.05) is 0 Å². The third-order valence-corrected chi connectivity index (χ3v) is 15.2. The highest BCUT2D eigenvalue weighted by atomic mass is 31.2. The van der Waals surface area contributed by atoms with Gasteiger partial charge in [-0.25, -0.2) is 9.13 Å². The molecule has 0 aliphatic heterocycles. The standard InChI is InChI=1S/C57H110O17P2/c1-7-10-12-14-16-17-21-29-35-41-56(61)73-52(45-67-54(59)39-33-27-19-15-13-11-8-2)47-71-75(63,64)69-43-51(58)44-70-76(65,66)72-48-53(74-57(62)42-36-30-22-18-20-25-31-37-49(4)5)46-68-55(60)40-34-28-24-23-26-32-38-50(6)9-3/h49-53,58H,7-48H2,1-6H3,(H,63,64)(H,65,66)/t50?,51-,52+,53+/m0/s1. The first-order valence-corrected chi connectivity index (χ1v) is 33.0. The number of carbonyl (C=O) groups is 4. The van der Waals surface area contributed by atoms with Gasteiger partial charge in [-0.05, 0) is 37.5 Å². The van der Waals surface area contributed by atoms with Crippen molar-refractivity contribution in [1.82, 2.24) is 0 Å². The number of phosphoric ester groups is 2. The normalized spacial score (nSPS) is 14.9.